The van der Waals surface area contributed by atoms with Crippen LogP contribution < -0.4 is 0 Å². The molecule has 0 bridgehead atoms. The van der Waals surface area contributed by atoms with Crippen LogP contribution in [0.3, 0.4) is 0 Å². The summed E-state index contributed by atoms with van der Waals surface area (Å²) >= 11 is 0. The summed E-state index contributed by atoms with van der Waals surface area (Å²) in [6.45, 7) is 8.71. The molecule has 1 aliphatic carbocycles. The van der Waals surface area contributed by atoms with Crippen LogP contribution in [0.15, 0.2) is 12.7 Å². The number of esters is 1. The van der Waals surface area contributed by atoms with Crippen molar-refractivity contribution in [3.05, 3.63) is 12.7 Å². The van der Waals surface area contributed by atoms with Gasteiger partial charge in [-0.3, -0.25) is 0 Å². The topological polar surface area (TPSA) is 26.3 Å². The molecule has 0 atom stereocenters. The van der Waals surface area contributed by atoms with Gasteiger partial charge in [0.05, 0.1) is 0 Å². The molecule has 1 fully saturated rings. The second kappa shape index (κ2) is 16.7. The van der Waals surface area contributed by atoms with E-state index >= 15 is 0 Å². The first-order valence-corrected chi connectivity index (χ1v) is 10.8. The molecule has 0 amide bonds. The highest BCUT2D eigenvalue weighted by Gasteiger charge is 2.12. The van der Waals surface area contributed by atoms with E-state index in [1.807, 2.05) is 20.8 Å². The minimum atomic E-state index is -0.398. The quantitative estimate of drug-likeness (QED) is 0.356. The first-order chi connectivity index (χ1) is 12.0. The van der Waals surface area contributed by atoms with Crippen LogP contribution in [0.25, 0.3) is 0 Å². The fraction of sp³-hybridized carbons (Fsp3) is 0.870. The Labute approximate surface area is 157 Å². The average molecular weight is 353 g/mol. The van der Waals surface area contributed by atoms with Crippen molar-refractivity contribution < 1.29 is 9.53 Å². The van der Waals surface area contributed by atoms with Gasteiger partial charge in [-0.25, -0.2) is 4.79 Å². The Morgan fingerprint density at radius 3 is 0.920 bits per heavy atom. The predicted octanol–water partition coefficient (Wildman–Crippen LogP) is 7.76. The molecule has 25 heavy (non-hydrogen) atoms. The Kier molecular flexibility index (Phi) is 16.1. The first-order valence-electron chi connectivity index (χ1n) is 10.8. The molecule has 1 rings (SSSR count). The molecule has 0 N–H and O–H groups in total. The maximum Gasteiger partial charge on any atom is 0.330 e. The van der Waals surface area contributed by atoms with Crippen molar-refractivity contribution in [2.75, 3.05) is 0 Å². The van der Waals surface area contributed by atoms with Gasteiger partial charge in [0.25, 0.3) is 0 Å². The molecule has 0 heterocycles. The van der Waals surface area contributed by atoms with Gasteiger partial charge in [0, 0.05) is 6.08 Å². The summed E-state index contributed by atoms with van der Waals surface area (Å²) in [6.07, 6.45) is 25.2. The zero-order valence-electron chi connectivity index (χ0n) is 17.4. The average Bonchev–Trinajstić information content (AvgIpc) is 2.54. The van der Waals surface area contributed by atoms with Crippen molar-refractivity contribution >= 4 is 5.97 Å². The Hall–Kier alpha value is -0.790. The van der Waals surface area contributed by atoms with E-state index in [1.165, 1.54) is 103 Å². The summed E-state index contributed by atoms with van der Waals surface area (Å²) in [6, 6.07) is 0. The summed E-state index contributed by atoms with van der Waals surface area (Å²) in [4.78, 5) is 10.5. The lowest BCUT2D eigenvalue weighted by atomic mass is 10.0. The fourth-order valence-corrected chi connectivity index (χ4v) is 3.17. The third-order valence-corrected chi connectivity index (χ3v) is 4.57. The first kappa shape index (κ1) is 24.2. The summed E-state index contributed by atoms with van der Waals surface area (Å²) in [5, 5.41) is 0. The number of hydrogen-bond donors (Lipinski definition) is 0. The van der Waals surface area contributed by atoms with Gasteiger partial charge >= 0.3 is 5.97 Å². The van der Waals surface area contributed by atoms with E-state index in [-0.39, 0.29) is 5.97 Å². The highest BCUT2D eigenvalue weighted by molar-refractivity contribution is 5.81. The summed E-state index contributed by atoms with van der Waals surface area (Å²) in [5.41, 5.74) is -0.398. The molecule has 1 aliphatic rings. The second-order valence-electron chi connectivity index (χ2n) is 8.39. The van der Waals surface area contributed by atoms with Gasteiger partial charge in [-0.05, 0) is 20.8 Å². The zero-order chi connectivity index (χ0) is 18.8. The summed E-state index contributed by atoms with van der Waals surface area (Å²) in [7, 11) is 0. The molecule has 148 valence electrons. The van der Waals surface area contributed by atoms with Crippen molar-refractivity contribution in [3.63, 3.8) is 0 Å². The largest absolute Gasteiger partial charge is 0.457 e. The van der Waals surface area contributed by atoms with Gasteiger partial charge in [0.2, 0.25) is 0 Å². The standard InChI is InChI=1S/C16H32.C7H12O2/c1-2-4-6-8-10-12-14-16-15-13-11-9-7-5-3-1;1-5-6(8)9-7(2,3)4/h1-16H2;5H,1H2,2-4H3. The maximum absolute atomic E-state index is 10.5. The van der Waals surface area contributed by atoms with E-state index in [2.05, 4.69) is 6.58 Å². The molecule has 2 nitrogen and oxygen atoms in total. The molecule has 0 unspecified atom stereocenters. The van der Waals surface area contributed by atoms with Gasteiger partial charge in [-0.1, -0.05) is 109 Å². The maximum atomic E-state index is 10.5. The number of carbonyl (C=O) groups is 1. The van der Waals surface area contributed by atoms with Crippen LogP contribution in [-0.4, -0.2) is 11.6 Å². The Morgan fingerprint density at radius 1 is 0.640 bits per heavy atom. The molecule has 0 aliphatic heterocycles. The van der Waals surface area contributed by atoms with Gasteiger partial charge < -0.3 is 4.74 Å². The minimum Gasteiger partial charge on any atom is -0.457 e. The van der Waals surface area contributed by atoms with Crippen LogP contribution in [0, 0.1) is 0 Å². The second-order valence-corrected chi connectivity index (χ2v) is 8.39. The van der Waals surface area contributed by atoms with Gasteiger partial charge in [0.1, 0.15) is 5.60 Å². The van der Waals surface area contributed by atoms with Crippen molar-refractivity contribution in [1.29, 1.82) is 0 Å². The molecular formula is C23H44O2. The van der Waals surface area contributed by atoms with Crippen molar-refractivity contribution in [2.45, 2.75) is 129 Å². The van der Waals surface area contributed by atoms with Crippen molar-refractivity contribution in [3.8, 4) is 0 Å². The monoisotopic (exact) mass is 352 g/mol. The van der Waals surface area contributed by atoms with E-state index in [9.17, 15) is 4.79 Å². The van der Waals surface area contributed by atoms with Crippen LogP contribution in [0.2, 0.25) is 0 Å². The molecule has 0 radical (unpaired) electrons. The Balaban J connectivity index is 0.000000547. The molecule has 0 saturated heterocycles. The van der Waals surface area contributed by atoms with Crippen LogP contribution in [0.1, 0.15) is 124 Å². The summed E-state index contributed by atoms with van der Waals surface area (Å²) < 4.78 is 4.83. The van der Waals surface area contributed by atoms with Gasteiger partial charge in [0.15, 0.2) is 0 Å². The van der Waals surface area contributed by atoms with Crippen molar-refractivity contribution in [1.82, 2.24) is 0 Å². The number of hydrogen-bond acceptors (Lipinski definition) is 2. The molecule has 0 aromatic rings. The van der Waals surface area contributed by atoms with Gasteiger partial charge in [-0.2, -0.15) is 0 Å². The number of carbonyl (C=O) groups excluding carboxylic acids is 1. The third kappa shape index (κ3) is 21.2. The van der Waals surface area contributed by atoms with Crippen molar-refractivity contribution in [2.24, 2.45) is 0 Å². The lowest BCUT2D eigenvalue weighted by Gasteiger charge is -2.17. The SMILES string of the molecule is C1CCCCCCCCCCCCCCC1.C=CC(=O)OC(C)(C)C. The Bertz CT molecular complexity index is 251. The third-order valence-electron chi connectivity index (χ3n) is 4.57. The normalized spacial score (nSPS) is 19.2. The molecular weight excluding hydrogens is 308 g/mol. The van der Waals surface area contributed by atoms with E-state index in [0.717, 1.165) is 6.08 Å². The van der Waals surface area contributed by atoms with Gasteiger partial charge in [-0.15, -0.1) is 0 Å². The van der Waals surface area contributed by atoms with E-state index in [1.54, 1.807) is 0 Å². The minimum absolute atomic E-state index is 0.373. The molecule has 0 spiro atoms. The smallest absolute Gasteiger partial charge is 0.330 e. The highest BCUT2D eigenvalue weighted by atomic mass is 16.6. The molecule has 0 aromatic carbocycles. The van der Waals surface area contributed by atoms with E-state index < -0.39 is 5.60 Å². The lowest BCUT2D eigenvalue weighted by molar-refractivity contribution is -0.148. The Morgan fingerprint density at radius 2 is 0.840 bits per heavy atom. The van der Waals surface area contributed by atoms with E-state index in [4.69, 9.17) is 4.74 Å². The van der Waals surface area contributed by atoms with Crippen LogP contribution >= 0.6 is 0 Å². The van der Waals surface area contributed by atoms with Crippen LogP contribution in [-0.2, 0) is 9.53 Å². The van der Waals surface area contributed by atoms with Crippen LogP contribution in [0.5, 0.6) is 0 Å². The van der Waals surface area contributed by atoms with Crippen LogP contribution in [0.4, 0.5) is 0 Å². The number of ether oxygens (including phenoxy) is 1. The number of rotatable bonds is 1. The fourth-order valence-electron chi connectivity index (χ4n) is 3.17. The zero-order valence-corrected chi connectivity index (χ0v) is 17.4. The predicted molar refractivity (Wildman–Crippen MR) is 110 cm³/mol. The van der Waals surface area contributed by atoms with E-state index in [0.29, 0.717) is 0 Å². The molecule has 1 saturated carbocycles. The summed E-state index contributed by atoms with van der Waals surface area (Å²) in [5.74, 6) is -0.373. The lowest BCUT2D eigenvalue weighted by Crippen LogP contribution is -2.22. The molecule has 2 heteroatoms. The molecule has 0 aromatic heterocycles. The highest BCUT2D eigenvalue weighted by Crippen LogP contribution is 2.16.